The number of unbranched alkanes of at least 4 members (excludes halogenated alkanes) is 7. The minimum Gasteiger partial charge on any atom is -0.428 e. The molecule has 0 fully saturated rings. The Bertz CT molecular complexity index is 437. The molecular weight excluding hydrogens is 315 g/mol. The Hall–Kier alpha value is -0.675. The molecule has 0 radical (unpaired) electrons. The fourth-order valence-electron chi connectivity index (χ4n) is 2.90. The average molecular weight is 360 g/mol. The minimum absolute atomic E-state index is 0.0671. The molecule has 0 aliphatic heterocycles. The quantitative estimate of drug-likeness (QED) is 0.184. The monoisotopic (exact) mass is 360 g/mol. The fraction of sp³-hybridized carbons (Fsp3) is 0.833. The Morgan fingerprint density at radius 3 is 2.12 bits per heavy atom. The molecule has 0 bridgehead atoms. The molecule has 0 aliphatic rings. The van der Waals surface area contributed by atoms with Gasteiger partial charge in [0, 0.05) is 12.5 Å². The van der Waals surface area contributed by atoms with Crippen LogP contribution in [0.15, 0.2) is 11.5 Å². The summed E-state index contributed by atoms with van der Waals surface area (Å²) in [6.45, 7) is 18.1. The molecule has 0 rings (SSSR count). The number of allylic oxidation sites excluding steroid dienone is 2. The first-order valence-electron chi connectivity index (χ1n) is 11.1. The summed E-state index contributed by atoms with van der Waals surface area (Å²) in [5.41, 5.74) is 1.21. The Morgan fingerprint density at radius 2 is 1.58 bits per heavy atom. The van der Waals surface area contributed by atoms with Crippen molar-refractivity contribution in [2.24, 2.45) is 5.92 Å². The first kappa shape index (κ1) is 25.3. The maximum Gasteiger partial charge on any atom is 0.341 e. The van der Waals surface area contributed by atoms with E-state index in [0.29, 0.717) is 5.92 Å². The van der Waals surface area contributed by atoms with Crippen molar-refractivity contribution in [2.75, 3.05) is 0 Å². The van der Waals surface area contributed by atoms with Crippen LogP contribution in [0.2, 0.25) is 5.31 Å². The Kier molecular flexibility index (Phi) is 14.0. The van der Waals surface area contributed by atoms with Crippen LogP contribution >= 0.6 is 0 Å². The van der Waals surface area contributed by atoms with Crippen molar-refractivity contribution in [2.45, 2.75) is 125 Å². The Morgan fingerprint density at radius 1 is 0.962 bits per heavy atom. The lowest BCUT2D eigenvalue weighted by Crippen LogP contribution is -2.39. The van der Waals surface area contributed by atoms with Gasteiger partial charge < -0.3 is 4.65 Å². The summed E-state index contributed by atoms with van der Waals surface area (Å²) in [5.74, 6) is 7.50. The standard InChI is InChI=1S/C24H45BO/c1-9-11-13-15-17-19-23(20-18-16-14-12-10-2)25(26-22(5)6)24(7,8)21(3)4/h19,21-22H,9-17H2,1-8H3/b23-19-. The van der Waals surface area contributed by atoms with Crippen LogP contribution in [0.1, 0.15) is 113 Å². The molecule has 0 atom stereocenters. The maximum absolute atomic E-state index is 6.42. The van der Waals surface area contributed by atoms with E-state index in [9.17, 15) is 0 Å². The van der Waals surface area contributed by atoms with E-state index >= 15 is 0 Å². The van der Waals surface area contributed by atoms with Gasteiger partial charge in [-0.25, -0.2) is 0 Å². The molecule has 0 unspecified atom stereocenters. The minimum atomic E-state index is 0.0671. The van der Waals surface area contributed by atoms with Gasteiger partial charge in [-0.15, -0.1) is 0 Å². The van der Waals surface area contributed by atoms with E-state index in [-0.39, 0.29) is 18.3 Å². The third-order valence-corrected chi connectivity index (χ3v) is 5.41. The predicted octanol–water partition coefficient (Wildman–Crippen LogP) is 7.86. The highest BCUT2D eigenvalue weighted by Gasteiger charge is 2.40. The summed E-state index contributed by atoms with van der Waals surface area (Å²) < 4.78 is 6.42. The molecular formula is C24H45BO. The van der Waals surface area contributed by atoms with Crippen LogP contribution in [0.5, 0.6) is 0 Å². The van der Waals surface area contributed by atoms with E-state index in [1.807, 2.05) is 0 Å². The highest BCUT2D eigenvalue weighted by atomic mass is 16.4. The van der Waals surface area contributed by atoms with Gasteiger partial charge in [-0.2, -0.15) is 0 Å². The van der Waals surface area contributed by atoms with E-state index < -0.39 is 0 Å². The number of hydrogen-bond acceptors (Lipinski definition) is 1. The van der Waals surface area contributed by atoms with E-state index in [2.05, 4.69) is 73.3 Å². The lowest BCUT2D eigenvalue weighted by molar-refractivity contribution is 0.223. The molecule has 0 heterocycles. The summed E-state index contributed by atoms with van der Waals surface area (Å²) >= 11 is 0. The summed E-state index contributed by atoms with van der Waals surface area (Å²) in [5, 5.41) is 0.0671. The van der Waals surface area contributed by atoms with Crippen molar-refractivity contribution in [3.63, 3.8) is 0 Å². The molecule has 2 heteroatoms. The van der Waals surface area contributed by atoms with Gasteiger partial charge in [-0.05, 0) is 49.8 Å². The summed E-state index contributed by atoms with van der Waals surface area (Å²) in [4.78, 5) is 0. The van der Waals surface area contributed by atoms with Gasteiger partial charge in [-0.1, -0.05) is 91.6 Å². The van der Waals surface area contributed by atoms with Crippen LogP contribution in [0, 0.1) is 17.8 Å². The topological polar surface area (TPSA) is 9.23 Å². The predicted molar refractivity (Wildman–Crippen MR) is 120 cm³/mol. The van der Waals surface area contributed by atoms with Gasteiger partial charge in [0.25, 0.3) is 0 Å². The average Bonchev–Trinajstić information content (AvgIpc) is 2.57. The van der Waals surface area contributed by atoms with Crippen LogP contribution in [0.25, 0.3) is 0 Å². The van der Waals surface area contributed by atoms with Crippen molar-refractivity contribution in [3.05, 3.63) is 11.5 Å². The molecule has 26 heavy (non-hydrogen) atoms. The molecule has 0 aromatic rings. The second-order valence-electron chi connectivity index (χ2n) is 8.81. The SMILES string of the molecule is CCCCCC#C/C(=C/CCCCCC)B(OC(C)C)C(C)(C)C(C)C. The third-order valence-electron chi connectivity index (χ3n) is 5.41. The molecule has 0 aromatic carbocycles. The van der Waals surface area contributed by atoms with Gasteiger partial charge in [-0.3, -0.25) is 0 Å². The number of hydrogen-bond donors (Lipinski definition) is 0. The maximum atomic E-state index is 6.42. The normalized spacial score (nSPS) is 12.5. The van der Waals surface area contributed by atoms with E-state index in [0.717, 1.165) is 12.8 Å². The van der Waals surface area contributed by atoms with Gasteiger partial charge in [0.1, 0.15) is 0 Å². The van der Waals surface area contributed by atoms with E-state index in [4.69, 9.17) is 4.65 Å². The first-order valence-corrected chi connectivity index (χ1v) is 11.1. The van der Waals surface area contributed by atoms with Crippen molar-refractivity contribution >= 4 is 6.92 Å². The number of rotatable bonds is 13. The smallest absolute Gasteiger partial charge is 0.341 e. The zero-order valence-corrected chi connectivity index (χ0v) is 19.1. The van der Waals surface area contributed by atoms with Gasteiger partial charge in [0.2, 0.25) is 0 Å². The summed E-state index contributed by atoms with van der Waals surface area (Å²) in [7, 11) is 0. The molecule has 1 nitrogen and oxygen atoms in total. The van der Waals surface area contributed by atoms with E-state index in [1.165, 1.54) is 50.4 Å². The van der Waals surface area contributed by atoms with Crippen LogP contribution < -0.4 is 0 Å². The van der Waals surface area contributed by atoms with Crippen LogP contribution in [-0.4, -0.2) is 13.0 Å². The van der Waals surface area contributed by atoms with Crippen LogP contribution in [0.3, 0.4) is 0 Å². The van der Waals surface area contributed by atoms with E-state index in [1.54, 1.807) is 0 Å². The van der Waals surface area contributed by atoms with Crippen molar-refractivity contribution in [3.8, 4) is 11.8 Å². The molecule has 0 saturated carbocycles. The molecule has 0 aromatic heterocycles. The first-order chi connectivity index (χ1) is 12.3. The van der Waals surface area contributed by atoms with Gasteiger partial charge in [0.15, 0.2) is 0 Å². The fourth-order valence-corrected chi connectivity index (χ4v) is 2.90. The molecule has 0 saturated heterocycles. The highest BCUT2D eigenvalue weighted by molar-refractivity contribution is 6.65. The second kappa shape index (κ2) is 14.4. The molecule has 0 amide bonds. The summed E-state index contributed by atoms with van der Waals surface area (Å²) in [6, 6.07) is 0. The molecule has 0 aliphatic carbocycles. The molecule has 0 spiro atoms. The third kappa shape index (κ3) is 10.5. The molecule has 150 valence electrons. The van der Waals surface area contributed by atoms with Crippen LogP contribution in [-0.2, 0) is 4.65 Å². The Balaban J connectivity index is 5.38. The largest absolute Gasteiger partial charge is 0.428 e. The van der Waals surface area contributed by atoms with Crippen molar-refractivity contribution < 1.29 is 4.65 Å². The van der Waals surface area contributed by atoms with Crippen LogP contribution in [0.4, 0.5) is 0 Å². The lowest BCUT2D eigenvalue weighted by atomic mass is 9.39. The Labute approximate surface area is 165 Å². The lowest BCUT2D eigenvalue weighted by Gasteiger charge is -2.36. The second-order valence-corrected chi connectivity index (χ2v) is 8.81. The van der Waals surface area contributed by atoms with Gasteiger partial charge in [0.05, 0.1) is 0 Å². The van der Waals surface area contributed by atoms with Crippen molar-refractivity contribution in [1.82, 2.24) is 0 Å². The zero-order chi connectivity index (χ0) is 20.0. The molecule has 0 N–H and O–H groups in total. The highest BCUT2D eigenvalue weighted by Crippen LogP contribution is 2.41. The zero-order valence-electron chi connectivity index (χ0n) is 19.1. The van der Waals surface area contributed by atoms with Gasteiger partial charge >= 0.3 is 6.92 Å². The summed E-state index contributed by atoms with van der Waals surface area (Å²) in [6.07, 6.45) is 13.6. The van der Waals surface area contributed by atoms with Crippen molar-refractivity contribution in [1.29, 1.82) is 0 Å².